The van der Waals surface area contributed by atoms with E-state index in [9.17, 15) is 14.4 Å². The molecule has 6 nitrogen and oxygen atoms in total. The average Bonchev–Trinajstić information content (AvgIpc) is 3.05. The molecule has 0 atom stereocenters. The van der Waals surface area contributed by atoms with Gasteiger partial charge in [0.2, 0.25) is 5.78 Å². The van der Waals surface area contributed by atoms with Crippen molar-refractivity contribution in [1.82, 2.24) is 10.3 Å². The van der Waals surface area contributed by atoms with Gasteiger partial charge in [0.1, 0.15) is 6.54 Å². The van der Waals surface area contributed by atoms with Crippen LogP contribution in [-0.2, 0) is 14.9 Å². The average molecular weight is 406 g/mol. The fraction of sp³-hybridized carbons (Fsp3) is 0.292. The number of rotatable bonds is 6. The fourth-order valence-electron chi connectivity index (χ4n) is 3.28. The molecule has 1 heterocycles. The van der Waals surface area contributed by atoms with Crippen molar-refractivity contribution in [3.05, 3.63) is 70.9 Å². The first-order valence-corrected chi connectivity index (χ1v) is 9.81. The molecule has 0 aliphatic heterocycles. The van der Waals surface area contributed by atoms with Crippen LogP contribution in [0.4, 0.5) is 0 Å². The van der Waals surface area contributed by atoms with Gasteiger partial charge in [0, 0.05) is 27.7 Å². The number of carbonyl (C=O) groups is 3. The molecule has 0 aliphatic carbocycles. The molecule has 0 fully saturated rings. The summed E-state index contributed by atoms with van der Waals surface area (Å²) in [7, 11) is 0. The first-order valence-electron chi connectivity index (χ1n) is 9.81. The smallest absolute Gasteiger partial charge is 0.325 e. The fourth-order valence-corrected chi connectivity index (χ4v) is 3.28. The van der Waals surface area contributed by atoms with Crippen molar-refractivity contribution in [3.63, 3.8) is 0 Å². The van der Waals surface area contributed by atoms with E-state index in [1.807, 2.05) is 36.4 Å². The van der Waals surface area contributed by atoms with E-state index in [0.29, 0.717) is 11.1 Å². The lowest BCUT2D eigenvalue weighted by Gasteiger charge is -2.19. The van der Waals surface area contributed by atoms with Crippen molar-refractivity contribution in [2.24, 2.45) is 0 Å². The van der Waals surface area contributed by atoms with Gasteiger partial charge in [-0.15, -0.1) is 0 Å². The Balaban J connectivity index is 1.53. The largest absolute Gasteiger partial charge is 0.456 e. The summed E-state index contributed by atoms with van der Waals surface area (Å²) >= 11 is 0. The molecule has 0 saturated carbocycles. The number of hydrogen-bond donors (Lipinski definition) is 2. The van der Waals surface area contributed by atoms with Crippen LogP contribution in [-0.4, -0.2) is 35.8 Å². The Morgan fingerprint density at radius 2 is 1.67 bits per heavy atom. The molecular formula is C24H26N2O4. The number of nitrogens with one attached hydrogen (secondary N) is 2. The molecule has 1 amide bonds. The first-order chi connectivity index (χ1) is 14.2. The third kappa shape index (κ3) is 4.76. The van der Waals surface area contributed by atoms with Gasteiger partial charge in [0.15, 0.2) is 6.61 Å². The van der Waals surface area contributed by atoms with Gasteiger partial charge in [-0.1, -0.05) is 51.1 Å². The van der Waals surface area contributed by atoms with E-state index in [4.69, 9.17) is 4.74 Å². The lowest BCUT2D eigenvalue weighted by atomic mass is 9.87. The number of hydrogen-bond acceptors (Lipinski definition) is 4. The number of carbonyl (C=O) groups excluding carboxylic acids is 3. The van der Waals surface area contributed by atoms with Crippen LogP contribution in [0.1, 0.15) is 52.7 Å². The van der Waals surface area contributed by atoms with E-state index >= 15 is 0 Å². The Hall–Kier alpha value is -3.41. The highest BCUT2D eigenvalue weighted by Gasteiger charge is 2.18. The van der Waals surface area contributed by atoms with Crippen molar-refractivity contribution in [2.45, 2.75) is 33.1 Å². The Kier molecular flexibility index (Phi) is 6.06. The highest BCUT2D eigenvalue weighted by atomic mass is 16.5. The van der Waals surface area contributed by atoms with Crippen LogP contribution in [0.2, 0.25) is 0 Å². The van der Waals surface area contributed by atoms with Gasteiger partial charge in [-0.2, -0.15) is 0 Å². The number of aromatic amines is 1. The number of ketones is 1. The molecule has 3 rings (SSSR count). The molecule has 0 radical (unpaired) electrons. The van der Waals surface area contributed by atoms with Crippen molar-refractivity contribution >= 4 is 28.6 Å². The highest BCUT2D eigenvalue weighted by molar-refractivity contribution is 6.10. The topological polar surface area (TPSA) is 88.3 Å². The van der Waals surface area contributed by atoms with Crippen LogP contribution in [0.25, 0.3) is 10.9 Å². The maximum Gasteiger partial charge on any atom is 0.325 e. The van der Waals surface area contributed by atoms with Crippen LogP contribution in [0, 0.1) is 6.92 Å². The van der Waals surface area contributed by atoms with Crippen LogP contribution < -0.4 is 5.32 Å². The zero-order chi connectivity index (χ0) is 21.9. The molecular weight excluding hydrogens is 380 g/mol. The number of aromatic nitrogens is 1. The summed E-state index contributed by atoms with van der Waals surface area (Å²) in [6, 6.07) is 14.7. The Morgan fingerprint density at radius 3 is 2.33 bits per heavy atom. The Bertz CT molecular complexity index is 1090. The number of H-pyrrole nitrogens is 1. The molecule has 0 saturated heterocycles. The third-order valence-corrected chi connectivity index (χ3v) is 4.94. The number of fused-ring (bicyclic) bond motifs is 1. The first kappa shape index (κ1) is 21.3. The molecule has 0 spiro atoms. The van der Waals surface area contributed by atoms with Crippen molar-refractivity contribution in [2.75, 3.05) is 13.2 Å². The van der Waals surface area contributed by atoms with E-state index in [-0.39, 0.29) is 30.3 Å². The second-order valence-corrected chi connectivity index (χ2v) is 8.26. The third-order valence-electron chi connectivity index (χ3n) is 4.94. The predicted octanol–water partition coefficient (Wildman–Crippen LogP) is 3.93. The summed E-state index contributed by atoms with van der Waals surface area (Å²) in [5.41, 5.74) is 3.67. The summed E-state index contributed by atoms with van der Waals surface area (Å²) < 4.78 is 5.06. The maximum atomic E-state index is 12.5. The summed E-state index contributed by atoms with van der Waals surface area (Å²) in [6.45, 7) is 7.41. The molecule has 0 aliphatic rings. The number of benzene rings is 2. The van der Waals surface area contributed by atoms with Gasteiger partial charge >= 0.3 is 5.97 Å². The lowest BCUT2D eigenvalue weighted by Crippen LogP contribution is -2.31. The van der Waals surface area contributed by atoms with E-state index < -0.39 is 5.97 Å². The summed E-state index contributed by atoms with van der Waals surface area (Å²) in [5, 5.41) is 3.32. The molecule has 2 N–H and O–H groups in total. The number of ether oxygens (including phenoxy) is 1. The standard InChI is InChI=1S/C24H26N2O4/c1-15-22(18-7-5-6-8-19(18)26-15)20(27)14-30-21(28)13-25-23(29)16-9-11-17(12-10-16)24(2,3)4/h5-12,26H,13-14H2,1-4H3,(H,25,29). The number of para-hydroxylation sites is 1. The quantitative estimate of drug-likeness (QED) is 0.480. The van der Waals surface area contributed by atoms with Crippen LogP contribution >= 0.6 is 0 Å². The predicted molar refractivity (Wildman–Crippen MR) is 116 cm³/mol. The maximum absolute atomic E-state index is 12.5. The monoisotopic (exact) mass is 406 g/mol. The second-order valence-electron chi connectivity index (χ2n) is 8.26. The molecule has 0 bridgehead atoms. The van der Waals surface area contributed by atoms with Crippen molar-refractivity contribution in [1.29, 1.82) is 0 Å². The number of Topliss-reactive ketones (excluding diaryl/α,β-unsaturated/α-hetero) is 1. The number of amides is 1. The molecule has 3 aromatic rings. The minimum Gasteiger partial charge on any atom is -0.456 e. The normalized spacial score (nSPS) is 11.3. The Labute approximate surface area is 175 Å². The summed E-state index contributed by atoms with van der Waals surface area (Å²) in [6.07, 6.45) is 0. The number of esters is 1. The SMILES string of the molecule is Cc1[nH]c2ccccc2c1C(=O)COC(=O)CNC(=O)c1ccc(C(C)(C)C)cc1. The van der Waals surface area contributed by atoms with Crippen LogP contribution in [0.3, 0.4) is 0 Å². The van der Waals surface area contributed by atoms with E-state index in [1.54, 1.807) is 19.1 Å². The molecule has 6 heteroatoms. The molecule has 0 unspecified atom stereocenters. The van der Waals surface area contributed by atoms with Gasteiger partial charge in [-0.3, -0.25) is 14.4 Å². The molecule has 1 aromatic heterocycles. The summed E-state index contributed by atoms with van der Waals surface area (Å²) in [5.74, 6) is -1.32. The molecule has 30 heavy (non-hydrogen) atoms. The second kappa shape index (κ2) is 8.53. The minimum absolute atomic E-state index is 0.00546. The molecule has 156 valence electrons. The van der Waals surface area contributed by atoms with Crippen LogP contribution in [0.5, 0.6) is 0 Å². The molecule has 2 aromatic carbocycles. The zero-order valence-corrected chi connectivity index (χ0v) is 17.7. The van der Waals surface area contributed by atoms with E-state index in [2.05, 4.69) is 31.1 Å². The van der Waals surface area contributed by atoms with Crippen LogP contribution in [0.15, 0.2) is 48.5 Å². The highest BCUT2D eigenvalue weighted by Crippen LogP contribution is 2.23. The Morgan fingerprint density at radius 1 is 1.00 bits per heavy atom. The van der Waals surface area contributed by atoms with Gasteiger partial charge in [-0.25, -0.2) is 0 Å². The number of aryl methyl sites for hydroxylation is 1. The van der Waals surface area contributed by atoms with Crippen molar-refractivity contribution in [3.8, 4) is 0 Å². The zero-order valence-electron chi connectivity index (χ0n) is 17.7. The van der Waals surface area contributed by atoms with Gasteiger partial charge in [0.25, 0.3) is 5.91 Å². The summed E-state index contributed by atoms with van der Waals surface area (Å²) in [4.78, 5) is 39.9. The van der Waals surface area contributed by atoms with E-state index in [1.165, 1.54) is 0 Å². The van der Waals surface area contributed by atoms with E-state index in [0.717, 1.165) is 22.2 Å². The lowest BCUT2D eigenvalue weighted by molar-refractivity contribution is -0.141. The minimum atomic E-state index is -0.666. The van der Waals surface area contributed by atoms with Gasteiger partial charge < -0.3 is 15.0 Å². The van der Waals surface area contributed by atoms with Gasteiger partial charge in [0.05, 0.1) is 0 Å². The van der Waals surface area contributed by atoms with Gasteiger partial charge in [-0.05, 0) is 36.1 Å². The van der Waals surface area contributed by atoms with Crippen molar-refractivity contribution < 1.29 is 19.1 Å².